The van der Waals surface area contributed by atoms with Crippen molar-refractivity contribution in [1.29, 1.82) is 0 Å². The van der Waals surface area contributed by atoms with Crippen LogP contribution in [0.5, 0.6) is 0 Å². The van der Waals surface area contributed by atoms with Crippen LogP contribution >= 0.6 is 0 Å². The Hall–Kier alpha value is -2.13. The zero-order valence-electron chi connectivity index (χ0n) is 11.6. The summed E-state index contributed by atoms with van der Waals surface area (Å²) in [5.74, 6) is -0.236. The lowest BCUT2D eigenvalue weighted by molar-refractivity contribution is -0.0387. The number of hydrogen-bond acceptors (Lipinski definition) is 1. The maximum atomic E-state index is 14.2. The molecule has 1 saturated carbocycles. The van der Waals surface area contributed by atoms with Gasteiger partial charge in [-0.25, -0.2) is 4.39 Å². The van der Waals surface area contributed by atoms with Crippen molar-refractivity contribution in [3.05, 3.63) is 60.0 Å². The number of rotatable bonds is 2. The predicted octanol–water partition coefficient (Wildman–Crippen LogP) is 4.35. The van der Waals surface area contributed by atoms with Crippen molar-refractivity contribution in [3.63, 3.8) is 0 Å². The maximum absolute atomic E-state index is 14.2. The molecule has 0 unspecified atom stereocenters. The highest BCUT2D eigenvalue weighted by Crippen LogP contribution is 2.41. The highest BCUT2D eigenvalue weighted by molar-refractivity contribution is 5.85. The minimum atomic E-state index is -0.665. The molecular formula is C18H16FNO. The average molecular weight is 281 g/mol. The van der Waals surface area contributed by atoms with Crippen molar-refractivity contribution in [2.75, 3.05) is 0 Å². The number of fused-ring (bicyclic) bond motifs is 1. The van der Waals surface area contributed by atoms with Crippen molar-refractivity contribution in [2.45, 2.75) is 24.9 Å². The minimum absolute atomic E-state index is 0.236. The summed E-state index contributed by atoms with van der Waals surface area (Å²) in [6, 6.07) is 12.9. The Morgan fingerprint density at radius 2 is 1.81 bits per heavy atom. The quantitative estimate of drug-likeness (QED) is 0.720. The third kappa shape index (κ3) is 1.96. The summed E-state index contributed by atoms with van der Waals surface area (Å²) >= 11 is 0. The summed E-state index contributed by atoms with van der Waals surface area (Å²) in [6.07, 6.45) is 4.51. The van der Waals surface area contributed by atoms with E-state index < -0.39 is 5.60 Å². The van der Waals surface area contributed by atoms with Crippen LogP contribution in [0.2, 0.25) is 0 Å². The fourth-order valence-electron chi connectivity index (χ4n) is 3.06. The predicted molar refractivity (Wildman–Crippen MR) is 81.4 cm³/mol. The van der Waals surface area contributed by atoms with Crippen LogP contribution in [0.1, 0.15) is 24.8 Å². The molecule has 1 aliphatic rings. The molecule has 21 heavy (non-hydrogen) atoms. The molecule has 0 atom stereocenters. The second-order valence-corrected chi connectivity index (χ2v) is 5.86. The molecule has 1 heterocycles. The van der Waals surface area contributed by atoms with Crippen LogP contribution in [0.15, 0.2) is 48.7 Å². The van der Waals surface area contributed by atoms with Gasteiger partial charge >= 0.3 is 0 Å². The van der Waals surface area contributed by atoms with Crippen LogP contribution in [0.25, 0.3) is 22.0 Å². The SMILES string of the molecule is OC1(c2ccc(-c3cc4cc[nH]c4cc3F)cc2)CCC1. The van der Waals surface area contributed by atoms with E-state index in [2.05, 4.69) is 4.98 Å². The lowest BCUT2D eigenvalue weighted by atomic mass is 9.75. The zero-order valence-corrected chi connectivity index (χ0v) is 11.6. The number of aliphatic hydroxyl groups is 1. The number of nitrogens with one attached hydrogen (secondary N) is 1. The topological polar surface area (TPSA) is 36.0 Å². The Morgan fingerprint density at radius 3 is 2.48 bits per heavy atom. The molecule has 0 spiro atoms. The van der Waals surface area contributed by atoms with Gasteiger partial charge in [0.2, 0.25) is 0 Å². The van der Waals surface area contributed by atoms with Gasteiger partial charge in [-0.05, 0) is 48.6 Å². The van der Waals surface area contributed by atoms with E-state index in [-0.39, 0.29) is 5.82 Å². The number of benzene rings is 2. The number of halogens is 1. The summed E-state index contributed by atoms with van der Waals surface area (Å²) < 4.78 is 14.2. The van der Waals surface area contributed by atoms with Gasteiger partial charge in [0, 0.05) is 22.7 Å². The summed E-state index contributed by atoms with van der Waals surface area (Å²) in [6.45, 7) is 0. The van der Waals surface area contributed by atoms with E-state index in [0.717, 1.165) is 41.3 Å². The summed E-state index contributed by atoms with van der Waals surface area (Å²) in [5, 5.41) is 11.3. The van der Waals surface area contributed by atoms with Gasteiger partial charge in [0.1, 0.15) is 5.82 Å². The third-order valence-corrected chi connectivity index (χ3v) is 4.55. The fourth-order valence-corrected chi connectivity index (χ4v) is 3.06. The van der Waals surface area contributed by atoms with Gasteiger partial charge in [-0.2, -0.15) is 0 Å². The van der Waals surface area contributed by atoms with Crippen molar-refractivity contribution < 1.29 is 9.50 Å². The molecule has 0 aliphatic heterocycles. The number of aromatic amines is 1. The van der Waals surface area contributed by atoms with E-state index >= 15 is 0 Å². The van der Waals surface area contributed by atoms with Crippen LogP contribution in [0, 0.1) is 5.82 Å². The van der Waals surface area contributed by atoms with Gasteiger partial charge in [-0.1, -0.05) is 24.3 Å². The Balaban J connectivity index is 1.76. The van der Waals surface area contributed by atoms with E-state index in [4.69, 9.17) is 0 Å². The molecule has 0 radical (unpaired) electrons. The third-order valence-electron chi connectivity index (χ3n) is 4.55. The molecule has 2 nitrogen and oxygen atoms in total. The van der Waals surface area contributed by atoms with Gasteiger partial charge in [0.15, 0.2) is 0 Å². The van der Waals surface area contributed by atoms with E-state index in [1.54, 1.807) is 0 Å². The normalized spacial score (nSPS) is 16.9. The molecule has 2 aromatic carbocycles. The largest absolute Gasteiger partial charge is 0.385 e. The molecule has 1 fully saturated rings. The lowest BCUT2D eigenvalue weighted by Crippen LogP contribution is -2.33. The molecule has 1 aromatic heterocycles. The van der Waals surface area contributed by atoms with E-state index in [9.17, 15) is 9.50 Å². The van der Waals surface area contributed by atoms with E-state index in [1.165, 1.54) is 6.07 Å². The van der Waals surface area contributed by atoms with Gasteiger partial charge in [0.05, 0.1) is 5.60 Å². The maximum Gasteiger partial charge on any atom is 0.133 e. The van der Waals surface area contributed by atoms with Gasteiger partial charge in [-0.15, -0.1) is 0 Å². The average Bonchev–Trinajstić information content (AvgIpc) is 2.91. The van der Waals surface area contributed by atoms with Crippen LogP contribution in [-0.4, -0.2) is 10.1 Å². The summed E-state index contributed by atoms with van der Waals surface area (Å²) in [5.41, 5.74) is 2.50. The molecule has 1 aliphatic carbocycles. The number of aromatic nitrogens is 1. The van der Waals surface area contributed by atoms with Crippen LogP contribution in [-0.2, 0) is 5.60 Å². The molecule has 3 heteroatoms. The van der Waals surface area contributed by atoms with Crippen LogP contribution in [0.4, 0.5) is 4.39 Å². The summed E-state index contributed by atoms with van der Waals surface area (Å²) in [4.78, 5) is 3.01. The zero-order chi connectivity index (χ0) is 14.4. The standard InChI is InChI=1S/C18H16FNO/c19-16-11-17-13(6-9-20-17)10-15(16)12-2-4-14(5-3-12)18(21)7-1-8-18/h2-6,9-11,20-21H,1,7-8H2. The molecule has 106 valence electrons. The Bertz CT molecular complexity index is 800. The molecule has 3 aromatic rings. The first kappa shape index (κ1) is 12.6. The van der Waals surface area contributed by atoms with Crippen molar-refractivity contribution >= 4 is 10.9 Å². The molecule has 0 amide bonds. The van der Waals surface area contributed by atoms with Gasteiger partial charge in [0.25, 0.3) is 0 Å². The number of hydrogen-bond donors (Lipinski definition) is 2. The Morgan fingerprint density at radius 1 is 1.05 bits per heavy atom. The van der Waals surface area contributed by atoms with E-state index in [1.807, 2.05) is 42.6 Å². The molecule has 0 bridgehead atoms. The van der Waals surface area contributed by atoms with E-state index in [0.29, 0.717) is 5.56 Å². The van der Waals surface area contributed by atoms with Gasteiger partial charge in [-0.3, -0.25) is 0 Å². The first-order valence-corrected chi connectivity index (χ1v) is 7.26. The molecule has 4 rings (SSSR count). The second-order valence-electron chi connectivity index (χ2n) is 5.86. The Labute approximate surface area is 122 Å². The van der Waals surface area contributed by atoms with Crippen LogP contribution in [0.3, 0.4) is 0 Å². The number of H-pyrrole nitrogens is 1. The van der Waals surface area contributed by atoms with Gasteiger partial charge < -0.3 is 10.1 Å². The summed E-state index contributed by atoms with van der Waals surface area (Å²) in [7, 11) is 0. The Kier molecular flexibility index (Phi) is 2.66. The highest BCUT2D eigenvalue weighted by Gasteiger charge is 2.35. The monoisotopic (exact) mass is 281 g/mol. The van der Waals surface area contributed by atoms with Crippen molar-refractivity contribution in [2.24, 2.45) is 0 Å². The molecule has 0 saturated heterocycles. The highest BCUT2D eigenvalue weighted by atomic mass is 19.1. The second kappa shape index (κ2) is 4.43. The first-order valence-electron chi connectivity index (χ1n) is 7.26. The smallest absolute Gasteiger partial charge is 0.133 e. The first-order chi connectivity index (χ1) is 10.2. The fraction of sp³-hybridized carbons (Fsp3) is 0.222. The molecule has 2 N–H and O–H groups in total. The molecular weight excluding hydrogens is 265 g/mol. The van der Waals surface area contributed by atoms with Crippen molar-refractivity contribution in [1.82, 2.24) is 4.98 Å². The minimum Gasteiger partial charge on any atom is -0.385 e. The van der Waals surface area contributed by atoms with Crippen molar-refractivity contribution in [3.8, 4) is 11.1 Å². The van der Waals surface area contributed by atoms with Crippen LogP contribution < -0.4 is 0 Å². The lowest BCUT2D eigenvalue weighted by Gasteiger charge is -2.37.